The van der Waals surface area contributed by atoms with Crippen molar-refractivity contribution in [3.05, 3.63) is 64.7 Å². The van der Waals surface area contributed by atoms with E-state index in [9.17, 15) is 4.79 Å². The van der Waals surface area contributed by atoms with E-state index in [1.165, 1.54) is 0 Å². The number of rotatable bonds is 3. The molecule has 0 spiro atoms. The molecule has 27 heavy (non-hydrogen) atoms. The van der Waals surface area contributed by atoms with E-state index in [1.807, 2.05) is 18.2 Å². The van der Waals surface area contributed by atoms with Crippen molar-refractivity contribution in [2.75, 3.05) is 26.2 Å². The molecule has 0 bridgehead atoms. The summed E-state index contributed by atoms with van der Waals surface area (Å²) in [5.41, 5.74) is -0.0229. The Morgan fingerprint density at radius 3 is 2.81 bits per heavy atom. The summed E-state index contributed by atoms with van der Waals surface area (Å²) in [7, 11) is 0. The highest BCUT2D eigenvalue weighted by Gasteiger charge is 2.23. The van der Waals surface area contributed by atoms with Crippen LogP contribution in [0, 0.1) is 0 Å². The van der Waals surface area contributed by atoms with E-state index in [-0.39, 0.29) is 5.56 Å². The third kappa shape index (κ3) is 3.25. The van der Waals surface area contributed by atoms with E-state index in [1.54, 1.807) is 11.3 Å². The number of hydrogen-bond donors (Lipinski definition) is 1. The zero-order chi connectivity index (χ0) is 18.2. The van der Waals surface area contributed by atoms with Gasteiger partial charge in [-0.2, -0.15) is 0 Å². The second-order valence-electron chi connectivity index (χ2n) is 7.22. The van der Waals surface area contributed by atoms with Crippen molar-refractivity contribution in [1.29, 1.82) is 0 Å². The van der Waals surface area contributed by atoms with Crippen LogP contribution in [-0.2, 0) is 6.54 Å². The minimum Gasteiger partial charge on any atom is -0.309 e. The Bertz CT molecular complexity index is 1090. The van der Waals surface area contributed by atoms with Crippen molar-refractivity contribution < 1.29 is 0 Å². The molecule has 3 heterocycles. The van der Waals surface area contributed by atoms with Crippen molar-refractivity contribution in [3.8, 4) is 0 Å². The Hall–Kier alpha value is -2.28. The lowest BCUT2D eigenvalue weighted by Gasteiger charge is -2.38. The number of aromatic nitrogens is 2. The number of piperazine rings is 1. The molecule has 0 radical (unpaired) electrons. The summed E-state index contributed by atoms with van der Waals surface area (Å²) in [6.07, 6.45) is 9.92. The van der Waals surface area contributed by atoms with Gasteiger partial charge in [-0.3, -0.25) is 14.6 Å². The molecule has 1 aliphatic heterocycles. The average molecular weight is 379 g/mol. The summed E-state index contributed by atoms with van der Waals surface area (Å²) < 4.78 is 1.12. The van der Waals surface area contributed by atoms with Gasteiger partial charge in [0.1, 0.15) is 10.7 Å². The van der Waals surface area contributed by atoms with Crippen LogP contribution in [0.1, 0.15) is 12.2 Å². The van der Waals surface area contributed by atoms with Gasteiger partial charge in [-0.25, -0.2) is 4.98 Å². The van der Waals surface area contributed by atoms with E-state index >= 15 is 0 Å². The zero-order valence-corrected chi connectivity index (χ0v) is 15.9. The summed E-state index contributed by atoms with van der Waals surface area (Å²) in [6, 6.07) is 8.56. The smallest absolute Gasteiger partial charge is 0.260 e. The van der Waals surface area contributed by atoms with Crippen LogP contribution in [-0.4, -0.2) is 52.0 Å². The van der Waals surface area contributed by atoms with Crippen LogP contribution in [0.15, 0.2) is 53.4 Å². The molecule has 2 aliphatic rings. The predicted octanol–water partition coefficient (Wildman–Crippen LogP) is 3.14. The second-order valence-corrected chi connectivity index (χ2v) is 8.25. The Balaban J connectivity index is 1.32. The first-order valence-corrected chi connectivity index (χ1v) is 10.3. The lowest BCUT2D eigenvalue weighted by atomic mass is 10.1. The third-order valence-electron chi connectivity index (χ3n) is 5.51. The number of nitrogens with one attached hydrogen (secondary N) is 1. The molecule has 1 fully saturated rings. The summed E-state index contributed by atoms with van der Waals surface area (Å²) in [5, 5.41) is 1.72. The van der Waals surface area contributed by atoms with Crippen LogP contribution >= 0.6 is 11.3 Å². The van der Waals surface area contributed by atoms with Gasteiger partial charge in [0.25, 0.3) is 5.56 Å². The van der Waals surface area contributed by atoms with Crippen molar-refractivity contribution in [1.82, 2.24) is 19.8 Å². The highest BCUT2D eigenvalue weighted by molar-refractivity contribution is 7.25. The molecule has 0 saturated carbocycles. The number of allylic oxidation sites excluding steroid dienone is 2. The minimum absolute atomic E-state index is 0.0229. The Morgan fingerprint density at radius 2 is 2.00 bits per heavy atom. The Labute approximate surface area is 161 Å². The molecule has 1 aliphatic carbocycles. The first-order chi connectivity index (χ1) is 13.3. The van der Waals surface area contributed by atoms with E-state index in [0.717, 1.165) is 58.7 Å². The number of H-pyrrole nitrogens is 1. The lowest BCUT2D eigenvalue weighted by molar-refractivity contribution is 0.106. The van der Waals surface area contributed by atoms with Crippen molar-refractivity contribution in [2.45, 2.75) is 19.0 Å². The quantitative estimate of drug-likeness (QED) is 0.761. The fraction of sp³-hybridized carbons (Fsp3) is 0.333. The number of aromatic amines is 1. The SMILES string of the molecule is O=c1[nH]c(CN2CCN(C3C=CC=CC3)CC2)nc2sc3ccccc3c12. The first-order valence-electron chi connectivity index (χ1n) is 9.48. The molecular formula is C21H22N4OS. The van der Waals surface area contributed by atoms with Crippen molar-refractivity contribution in [3.63, 3.8) is 0 Å². The van der Waals surface area contributed by atoms with Crippen LogP contribution in [0.4, 0.5) is 0 Å². The predicted molar refractivity (Wildman–Crippen MR) is 111 cm³/mol. The fourth-order valence-corrected chi connectivity index (χ4v) is 5.15. The van der Waals surface area contributed by atoms with Gasteiger partial charge in [0.2, 0.25) is 0 Å². The third-order valence-corrected chi connectivity index (χ3v) is 6.57. The summed E-state index contributed by atoms with van der Waals surface area (Å²) in [4.78, 5) is 26.2. The highest BCUT2D eigenvalue weighted by atomic mass is 32.1. The summed E-state index contributed by atoms with van der Waals surface area (Å²) in [5.74, 6) is 0.771. The van der Waals surface area contributed by atoms with Gasteiger partial charge in [0.05, 0.1) is 11.9 Å². The monoisotopic (exact) mass is 378 g/mol. The van der Waals surface area contributed by atoms with Crippen LogP contribution in [0.2, 0.25) is 0 Å². The molecule has 3 aromatic rings. The number of hydrogen-bond acceptors (Lipinski definition) is 5. The molecule has 6 heteroatoms. The van der Waals surface area contributed by atoms with E-state index in [0.29, 0.717) is 12.6 Å². The van der Waals surface area contributed by atoms with Crippen LogP contribution in [0.3, 0.4) is 0 Å². The van der Waals surface area contributed by atoms with Crippen molar-refractivity contribution >= 4 is 31.6 Å². The second kappa shape index (κ2) is 7.03. The molecule has 1 N–H and O–H groups in total. The molecule has 1 saturated heterocycles. The molecule has 2 aromatic heterocycles. The normalized spacial score (nSPS) is 21.4. The van der Waals surface area contributed by atoms with Crippen molar-refractivity contribution in [2.24, 2.45) is 0 Å². The number of nitrogens with zero attached hydrogens (tertiary/aromatic N) is 3. The maximum atomic E-state index is 12.6. The largest absolute Gasteiger partial charge is 0.309 e. The maximum Gasteiger partial charge on any atom is 0.260 e. The minimum atomic E-state index is -0.0229. The van der Waals surface area contributed by atoms with Gasteiger partial charge in [0, 0.05) is 42.3 Å². The van der Waals surface area contributed by atoms with Crippen LogP contribution in [0.5, 0.6) is 0 Å². The number of benzene rings is 1. The molecule has 138 valence electrons. The Morgan fingerprint density at radius 1 is 1.15 bits per heavy atom. The van der Waals surface area contributed by atoms with Crippen LogP contribution < -0.4 is 5.56 Å². The van der Waals surface area contributed by atoms with Crippen LogP contribution in [0.25, 0.3) is 20.3 Å². The van der Waals surface area contributed by atoms with E-state index < -0.39 is 0 Å². The van der Waals surface area contributed by atoms with Gasteiger partial charge in [0.15, 0.2) is 0 Å². The van der Waals surface area contributed by atoms with Gasteiger partial charge in [-0.1, -0.05) is 42.5 Å². The molecule has 1 aromatic carbocycles. The van der Waals surface area contributed by atoms with Gasteiger partial charge in [-0.05, 0) is 12.5 Å². The maximum absolute atomic E-state index is 12.6. The summed E-state index contributed by atoms with van der Waals surface area (Å²) >= 11 is 1.60. The fourth-order valence-electron chi connectivity index (χ4n) is 4.05. The summed E-state index contributed by atoms with van der Waals surface area (Å²) in [6.45, 7) is 4.81. The molecular weight excluding hydrogens is 356 g/mol. The molecule has 5 nitrogen and oxygen atoms in total. The molecule has 5 rings (SSSR count). The van der Waals surface area contributed by atoms with Gasteiger partial charge < -0.3 is 4.98 Å². The number of fused-ring (bicyclic) bond motifs is 3. The Kier molecular flexibility index (Phi) is 4.39. The average Bonchev–Trinajstić information content (AvgIpc) is 3.08. The first kappa shape index (κ1) is 16.9. The molecule has 1 atom stereocenters. The highest BCUT2D eigenvalue weighted by Crippen LogP contribution is 2.30. The standard InChI is InChI=1S/C21H22N4OS/c26-20-19-16-8-4-5-9-17(16)27-21(19)23-18(22-20)14-24-10-12-25(13-11-24)15-6-2-1-3-7-15/h1-6,8-9,15H,7,10-14H2,(H,22,23,26). The van der Waals surface area contributed by atoms with Gasteiger partial charge in [-0.15, -0.1) is 11.3 Å². The zero-order valence-electron chi connectivity index (χ0n) is 15.1. The van der Waals surface area contributed by atoms with E-state index in [2.05, 4.69) is 45.2 Å². The topological polar surface area (TPSA) is 52.2 Å². The number of thiophene rings is 1. The molecule has 1 unspecified atom stereocenters. The lowest BCUT2D eigenvalue weighted by Crippen LogP contribution is -2.49. The molecule has 0 amide bonds. The van der Waals surface area contributed by atoms with E-state index in [4.69, 9.17) is 4.98 Å². The van der Waals surface area contributed by atoms with Gasteiger partial charge >= 0.3 is 0 Å².